The fourth-order valence-corrected chi connectivity index (χ4v) is 13.2. The number of benzene rings is 11. The third-order valence-corrected chi connectivity index (χ3v) is 16.3. The van der Waals surface area contributed by atoms with E-state index >= 15 is 4.57 Å². The molecule has 11 aromatic carbocycles. The highest BCUT2D eigenvalue weighted by molar-refractivity contribution is 7.85. The molecule has 1 aliphatic rings. The summed E-state index contributed by atoms with van der Waals surface area (Å²) in [5, 5.41) is 12.4. The Hall–Kier alpha value is -7.31. The lowest BCUT2D eigenvalue weighted by atomic mass is 9.67. The van der Waals surface area contributed by atoms with E-state index in [1.165, 1.54) is 76.5 Å². The van der Waals surface area contributed by atoms with Crippen LogP contribution >= 0.6 is 7.14 Å². The maximum atomic E-state index is 16.0. The second-order valence-electron chi connectivity index (χ2n) is 16.3. The van der Waals surface area contributed by atoms with E-state index < -0.39 is 12.6 Å². The summed E-state index contributed by atoms with van der Waals surface area (Å²) in [7, 11) is -3.30. The van der Waals surface area contributed by atoms with E-state index in [0.29, 0.717) is 0 Å². The predicted molar refractivity (Wildman–Crippen MR) is 259 cm³/mol. The van der Waals surface area contributed by atoms with Crippen molar-refractivity contribution in [3.05, 3.63) is 259 Å². The van der Waals surface area contributed by atoms with Gasteiger partial charge in [0.1, 0.15) is 0 Å². The summed E-state index contributed by atoms with van der Waals surface area (Å²) < 4.78 is 16.0. The van der Waals surface area contributed by atoms with E-state index in [9.17, 15) is 0 Å². The summed E-state index contributed by atoms with van der Waals surface area (Å²) in [6, 6.07) is 84.8. The summed E-state index contributed by atoms with van der Waals surface area (Å²) in [4.78, 5) is 0. The van der Waals surface area contributed by atoms with Gasteiger partial charge in [-0.2, -0.15) is 0 Å². The molecule has 2 heteroatoms. The van der Waals surface area contributed by atoms with Gasteiger partial charge in [-0.25, -0.2) is 0 Å². The van der Waals surface area contributed by atoms with Crippen LogP contribution in [0.4, 0.5) is 0 Å². The first-order chi connectivity index (χ1) is 30.1. The smallest absolute Gasteiger partial charge is 0.171 e. The topological polar surface area (TPSA) is 17.1 Å². The molecule has 0 heterocycles. The Balaban J connectivity index is 1.19. The summed E-state index contributed by atoms with van der Waals surface area (Å²) in [6.07, 6.45) is 0. The lowest BCUT2D eigenvalue weighted by Crippen LogP contribution is -2.31. The van der Waals surface area contributed by atoms with Crippen molar-refractivity contribution < 1.29 is 4.57 Å². The van der Waals surface area contributed by atoms with E-state index in [2.05, 4.69) is 176 Å². The lowest BCUT2D eigenvalue weighted by Gasteiger charge is -2.34. The van der Waals surface area contributed by atoms with Crippen LogP contribution in [-0.2, 0) is 9.98 Å². The highest BCUT2D eigenvalue weighted by Gasteiger charge is 2.47. The van der Waals surface area contributed by atoms with Crippen LogP contribution in [0.5, 0.6) is 0 Å². The average molecular weight is 795 g/mol. The molecule has 1 aliphatic carbocycles. The largest absolute Gasteiger partial charge is 0.309 e. The molecule has 0 unspecified atom stereocenters. The van der Waals surface area contributed by atoms with Crippen LogP contribution in [-0.4, -0.2) is 0 Å². The molecule has 286 valence electrons. The molecule has 0 amide bonds. The Kier molecular flexibility index (Phi) is 8.11. The minimum atomic E-state index is -3.30. The third-order valence-electron chi connectivity index (χ3n) is 13.2. The third kappa shape index (κ3) is 5.24. The summed E-state index contributed by atoms with van der Waals surface area (Å²) in [6.45, 7) is 0. The van der Waals surface area contributed by atoms with Crippen molar-refractivity contribution in [3.8, 4) is 22.3 Å². The molecular formula is C59H39OP. The van der Waals surface area contributed by atoms with E-state index in [0.717, 1.165) is 27.0 Å². The first kappa shape index (κ1) is 35.6. The fourth-order valence-electron chi connectivity index (χ4n) is 10.5. The molecule has 1 nitrogen and oxygen atoms in total. The molecule has 0 saturated carbocycles. The molecule has 0 aromatic heterocycles. The first-order valence-electron chi connectivity index (χ1n) is 21.0. The van der Waals surface area contributed by atoms with Gasteiger partial charge in [0.2, 0.25) is 0 Å². The lowest BCUT2D eigenvalue weighted by molar-refractivity contribution is 0.592. The van der Waals surface area contributed by atoms with Crippen LogP contribution in [0.25, 0.3) is 65.3 Å². The standard InChI is InChI=1S/C59H39OP/c60-61(45-23-9-3-10-24-45,46-25-11-4-12-26-46)47-32-36-51-50-33-31-42(37-56(50)59(57(51)38-47,43-19-5-1-6-20-43)44-21-7-2-8-22-44)58-52-34-29-40-17-13-15-27-48(40)54(52)39-55-49-28-16-14-18-41(49)30-35-53(55)58/h1-39H. The van der Waals surface area contributed by atoms with Crippen molar-refractivity contribution in [3.63, 3.8) is 0 Å². The Morgan fingerprint density at radius 3 is 1.28 bits per heavy atom. The van der Waals surface area contributed by atoms with Gasteiger partial charge < -0.3 is 4.57 Å². The molecule has 0 saturated heterocycles. The molecule has 0 atom stereocenters. The van der Waals surface area contributed by atoms with Crippen molar-refractivity contribution in [2.75, 3.05) is 0 Å². The molecule has 61 heavy (non-hydrogen) atoms. The van der Waals surface area contributed by atoms with Crippen molar-refractivity contribution in [2.24, 2.45) is 0 Å². The van der Waals surface area contributed by atoms with E-state index in [1.54, 1.807) is 0 Å². The van der Waals surface area contributed by atoms with E-state index in [-0.39, 0.29) is 0 Å². The van der Waals surface area contributed by atoms with Crippen LogP contribution in [0, 0.1) is 0 Å². The Morgan fingerprint density at radius 2 is 0.754 bits per heavy atom. The number of hydrogen-bond acceptors (Lipinski definition) is 1. The van der Waals surface area contributed by atoms with Crippen molar-refractivity contribution >= 4 is 66.1 Å². The van der Waals surface area contributed by atoms with E-state index in [4.69, 9.17) is 0 Å². The van der Waals surface area contributed by atoms with Gasteiger partial charge in [0.25, 0.3) is 0 Å². The van der Waals surface area contributed by atoms with Gasteiger partial charge in [0, 0.05) is 15.9 Å². The zero-order valence-electron chi connectivity index (χ0n) is 33.4. The summed E-state index contributed by atoms with van der Waals surface area (Å²) in [5.74, 6) is 0. The molecule has 0 spiro atoms. The van der Waals surface area contributed by atoms with Gasteiger partial charge in [-0.15, -0.1) is 0 Å². The van der Waals surface area contributed by atoms with Crippen LogP contribution in [0.1, 0.15) is 22.3 Å². The molecule has 0 fully saturated rings. The molecule has 0 radical (unpaired) electrons. The van der Waals surface area contributed by atoms with Crippen molar-refractivity contribution in [1.29, 1.82) is 0 Å². The normalized spacial score (nSPS) is 13.1. The highest BCUT2D eigenvalue weighted by atomic mass is 31.2. The molecule has 12 rings (SSSR count). The van der Waals surface area contributed by atoms with Gasteiger partial charge >= 0.3 is 0 Å². The van der Waals surface area contributed by atoms with Gasteiger partial charge in [0.15, 0.2) is 7.14 Å². The molecular weight excluding hydrogens is 756 g/mol. The van der Waals surface area contributed by atoms with Crippen LogP contribution < -0.4 is 15.9 Å². The number of fused-ring (bicyclic) bond motifs is 9. The second kappa shape index (κ2) is 13.9. The molecule has 11 aromatic rings. The second-order valence-corrected chi connectivity index (χ2v) is 19.0. The van der Waals surface area contributed by atoms with Crippen LogP contribution in [0.15, 0.2) is 237 Å². The number of rotatable bonds is 6. The van der Waals surface area contributed by atoms with Gasteiger partial charge in [-0.3, -0.25) is 0 Å². The van der Waals surface area contributed by atoms with Gasteiger partial charge in [-0.05, 0) is 106 Å². The van der Waals surface area contributed by atoms with Crippen LogP contribution in [0.3, 0.4) is 0 Å². The quantitative estimate of drug-likeness (QED) is 0.0931. The first-order valence-corrected chi connectivity index (χ1v) is 22.7. The summed E-state index contributed by atoms with van der Waals surface area (Å²) >= 11 is 0. The zero-order valence-corrected chi connectivity index (χ0v) is 34.3. The fraction of sp³-hybridized carbons (Fsp3) is 0.0169. The highest BCUT2D eigenvalue weighted by Crippen LogP contribution is 2.58. The monoisotopic (exact) mass is 794 g/mol. The van der Waals surface area contributed by atoms with Crippen molar-refractivity contribution in [1.82, 2.24) is 0 Å². The maximum Gasteiger partial charge on any atom is 0.171 e. The Labute approximate surface area is 355 Å². The minimum absolute atomic E-state index is 0.711. The predicted octanol–water partition coefficient (Wildman–Crippen LogP) is 14.0. The van der Waals surface area contributed by atoms with Crippen molar-refractivity contribution in [2.45, 2.75) is 5.41 Å². The SMILES string of the molecule is O=P(c1ccccc1)(c1ccccc1)c1ccc2c(c1)C(c1ccccc1)(c1ccccc1)c1cc(-c3c4ccc5ccccc5c4cc4c3ccc3ccccc34)ccc1-2. The zero-order chi connectivity index (χ0) is 40.5. The van der Waals surface area contributed by atoms with E-state index in [1.807, 2.05) is 60.7 Å². The Bertz CT molecular complexity index is 3360. The number of hydrogen-bond donors (Lipinski definition) is 0. The van der Waals surface area contributed by atoms with Crippen LogP contribution in [0.2, 0.25) is 0 Å². The minimum Gasteiger partial charge on any atom is -0.309 e. The molecule has 0 aliphatic heterocycles. The Morgan fingerprint density at radius 1 is 0.311 bits per heavy atom. The molecule has 0 N–H and O–H groups in total. The average Bonchev–Trinajstić information content (AvgIpc) is 3.63. The molecule has 0 bridgehead atoms. The van der Waals surface area contributed by atoms with Gasteiger partial charge in [-0.1, -0.05) is 218 Å². The van der Waals surface area contributed by atoms with Gasteiger partial charge in [0.05, 0.1) is 5.41 Å². The maximum absolute atomic E-state index is 16.0. The summed E-state index contributed by atoms with van der Waals surface area (Å²) in [5.41, 5.74) is 8.74.